The van der Waals surface area contributed by atoms with Crippen LogP contribution in [0.1, 0.15) is 10.6 Å². The van der Waals surface area contributed by atoms with Gasteiger partial charge in [0.15, 0.2) is 18.0 Å². The number of benzene rings is 2. The summed E-state index contributed by atoms with van der Waals surface area (Å²) in [4.78, 5) is 16.2. The molecular formula is C16H10F2N2O2. The van der Waals surface area contributed by atoms with Crippen molar-refractivity contribution in [1.29, 1.82) is 0 Å². The first kappa shape index (κ1) is 13.9. The fraction of sp³-hybridized carbons (Fsp3) is 0. The highest BCUT2D eigenvalue weighted by Gasteiger charge is 2.18. The Morgan fingerprint density at radius 1 is 1.05 bits per heavy atom. The average Bonchev–Trinajstić information content (AvgIpc) is 3.01. The summed E-state index contributed by atoms with van der Waals surface area (Å²) in [5.41, 5.74) is 1.21. The Hall–Kier alpha value is -3.02. The molecule has 3 aromatic rings. The van der Waals surface area contributed by atoms with E-state index in [0.29, 0.717) is 11.3 Å². The van der Waals surface area contributed by atoms with Crippen LogP contribution in [-0.4, -0.2) is 10.9 Å². The summed E-state index contributed by atoms with van der Waals surface area (Å²) in [6.07, 6.45) is 1.16. The van der Waals surface area contributed by atoms with Crippen molar-refractivity contribution in [3.63, 3.8) is 0 Å². The molecule has 110 valence electrons. The van der Waals surface area contributed by atoms with Gasteiger partial charge in [-0.15, -0.1) is 0 Å². The Balaban J connectivity index is 1.87. The Kier molecular flexibility index (Phi) is 3.65. The van der Waals surface area contributed by atoms with Crippen LogP contribution in [-0.2, 0) is 0 Å². The minimum Gasteiger partial charge on any atom is -0.438 e. The summed E-state index contributed by atoms with van der Waals surface area (Å²) >= 11 is 0. The fourth-order valence-electron chi connectivity index (χ4n) is 1.97. The van der Waals surface area contributed by atoms with Gasteiger partial charge in [-0.1, -0.05) is 30.3 Å². The second kappa shape index (κ2) is 5.77. The van der Waals surface area contributed by atoms with Gasteiger partial charge in [-0.2, -0.15) is 0 Å². The third kappa shape index (κ3) is 2.71. The first-order valence-corrected chi connectivity index (χ1v) is 6.40. The van der Waals surface area contributed by atoms with Crippen LogP contribution in [0.4, 0.5) is 14.5 Å². The molecule has 0 radical (unpaired) electrons. The predicted octanol–water partition coefficient (Wildman–Crippen LogP) is 3.87. The smallest absolute Gasteiger partial charge is 0.293 e. The molecule has 22 heavy (non-hydrogen) atoms. The number of nitrogens with zero attached hydrogens (tertiary/aromatic N) is 1. The van der Waals surface area contributed by atoms with Gasteiger partial charge in [-0.3, -0.25) is 4.79 Å². The van der Waals surface area contributed by atoms with Crippen molar-refractivity contribution in [3.8, 4) is 11.3 Å². The van der Waals surface area contributed by atoms with Crippen molar-refractivity contribution in [2.45, 2.75) is 0 Å². The summed E-state index contributed by atoms with van der Waals surface area (Å²) in [5, 5.41) is 2.44. The monoisotopic (exact) mass is 300 g/mol. The zero-order valence-electron chi connectivity index (χ0n) is 11.2. The normalized spacial score (nSPS) is 10.5. The molecule has 0 saturated heterocycles. The van der Waals surface area contributed by atoms with E-state index in [1.165, 1.54) is 6.07 Å². The van der Waals surface area contributed by atoms with E-state index in [2.05, 4.69) is 10.3 Å². The third-order valence-electron chi connectivity index (χ3n) is 3.00. The van der Waals surface area contributed by atoms with Crippen molar-refractivity contribution in [3.05, 3.63) is 72.3 Å². The predicted molar refractivity (Wildman–Crippen MR) is 76.3 cm³/mol. The van der Waals surface area contributed by atoms with Crippen molar-refractivity contribution in [2.24, 2.45) is 0 Å². The maximum absolute atomic E-state index is 13.2. The summed E-state index contributed by atoms with van der Waals surface area (Å²) in [6, 6.07) is 12.1. The molecule has 1 amide bonds. The maximum atomic E-state index is 13.2. The van der Waals surface area contributed by atoms with Crippen LogP contribution in [0, 0.1) is 11.6 Å². The maximum Gasteiger partial charge on any atom is 0.293 e. The van der Waals surface area contributed by atoms with E-state index in [-0.39, 0.29) is 11.4 Å². The number of amides is 1. The molecule has 4 nitrogen and oxygen atoms in total. The minimum atomic E-state index is -1.04. The number of anilines is 1. The fourth-order valence-corrected chi connectivity index (χ4v) is 1.97. The molecule has 0 bridgehead atoms. The van der Waals surface area contributed by atoms with Crippen LogP contribution in [0.25, 0.3) is 11.3 Å². The Bertz CT molecular complexity index is 816. The van der Waals surface area contributed by atoms with Gasteiger partial charge < -0.3 is 9.73 Å². The van der Waals surface area contributed by atoms with Crippen LogP contribution in [0.15, 0.2) is 59.3 Å². The van der Waals surface area contributed by atoms with Gasteiger partial charge in [0, 0.05) is 17.3 Å². The Labute approximate surface area is 124 Å². The van der Waals surface area contributed by atoms with Gasteiger partial charge in [0.1, 0.15) is 5.69 Å². The quantitative estimate of drug-likeness (QED) is 0.798. The molecule has 6 heteroatoms. The molecule has 2 aromatic carbocycles. The van der Waals surface area contributed by atoms with Crippen LogP contribution in [0.5, 0.6) is 0 Å². The zero-order chi connectivity index (χ0) is 15.5. The molecule has 0 saturated carbocycles. The largest absolute Gasteiger partial charge is 0.438 e. The van der Waals surface area contributed by atoms with Gasteiger partial charge in [-0.05, 0) is 12.1 Å². The van der Waals surface area contributed by atoms with Gasteiger partial charge in [0.25, 0.3) is 5.91 Å². The average molecular weight is 300 g/mol. The molecule has 0 atom stereocenters. The number of hydrogen-bond acceptors (Lipinski definition) is 3. The number of nitrogens with one attached hydrogen (secondary N) is 1. The third-order valence-corrected chi connectivity index (χ3v) is 3.00. The molecule has 1 aromatic heterocycles. The van der Waals surface area contributed by atoms with E-state index in [1.54, 1.807) is 24.3 Å². The lowest BCUT2D eigenvalue weighted by Crippen LogP contribution is -2.12. The summed E-state index contributed by atoms with van der Waals surface area (Å²) in [6.45, 7) is 0. The highest BCUT2D eigenvalue weighted by Crippen LogP contribution is 2.23. The van der Waals surface area contributed by atoms with Gasteiger partial charge in [-0.25, -0.2) is 13.8 Å². The topological polar surface area (TPSA) is 55.1 Å². The summed E-state index contributed by atoms with van der Waals surface area (Å²) in [5.74, 6) is -2.63. The van der Waals surface area contributed by atoms with Gasteiger partial charge in [0.05, 0.1) is 0 Å². The molecule has 1 heterocycles. The number of halogens is 2. The van der Waals surface area contributed by atoms with Crippen LogP contribution >= 0.6 is 0 Å². The number of aromatic nitrogens is 1. The second-order valence-corrected chi connectivity index (χ2v) is 4.48. The van der Waals surface area contributed by atoms with Crippen molar-refractivity contribution < 1.29 is 18.0 Å². The van der Waals surface area contributed by atoms with E-state index < -0.39 is 17.5 Å². The molecule has 0 fully saturated rings. The summed E-state index contributed by atoms with van der Waals surface area (Å²) in [7, 11) is 0. The lowest BCUT2D eigenvalue weighted by atomic mass is 10.1. The SMILES string of the molecule is O=C(Nc1ccc(F)c(F)c1)c1ocnc1-c1ccccc1. The minimum absolute atomic E-state index is 0.00377. The first-order valence-electron chi connectivity index (χ1n) is 6.40. The van der Waals surface area contributed by atoms with Gasteiger partial charge in [0.2, 0.25) is 5.76 Å². The highest BCUT2D eigenvalue weighted by molar-refractivity contribution is 6.05. The van der Waals surface area contributed by atoms with E-state index in [4.69, 9.17) is 4.42 Å². The van der Waals surface area contributed by atoms with E-state index in [1.807, 2.05) is 6.07 Å². The van der Waals surface area contributed by atoms with Gasteiger partial charge >= 0.3 is 0 Å². The first-order chi connectivity index (χ1) is 10.6. The lowest BCUT2D eigenvalue weighted by molar-refractivity contribution is 0.0997. The summed E-state index contributed by atoms with van der Waals surface area (Å²) < 4.78 is 31.1. The molecule has 0 aliphatic carbocycles. The lowest BCUT2D eigenvalue weighted by Gasteiger charge is -2.05. The Morgan fingerprint density at radius 2 is 1.82 bits per heavy atom. The number of carbonyl (C=O) groups is 1. The molecule has 0 aliphatic heterocycles. The van der Waals surface area contributed by atoms with Crippen molar-refractivity contribution in [2.75, 3.05) is 5.32 Å². The number of carbonyl (C=O) groups excluding carboxylic acids is 1. The van der Waals surface area contributed by atoms with E-state index in [9.17, 15) is 13.6 Å². The van der Waals surface area contributed by atoms with Crippen molar-refractivity contribution in [1.82, 2.24) is 4.98 Å². The highest BCUT2D eigenvalue weighted by atomic mass is 19.2. The number of oxazole rings is 1. The zero-order valence-corrected chi connectivity index (χ0v) is 11.2. The molecule has 0 unspecified atom stereocenters. The number of hydrogen-bond donors (Lipinski definition) is 1. The molecular weight excluding hydrogens is 290 g/mol. The molecule has 0 aliphatic rings. The van der Waals surface area contributed by atoms with Crippen LogP contribution in [0.2, 0.25) is 0 Å². The van der Waals surface area contributed by atoms with Crippen LogP contribution < -0.4 is 5.32 Å². The molecule has 1 N–H and O–H groups in total. The van der Waals surface area contributed by atoms with E-state index in [0.717, 1.165) is 18.5 Å². The molecule has 3 rings (SSSR count). The van der Waals surface area contributed by atoms with Crippen molar-refractivity contribution >= 4 is 11.6 Å². The second-order valence-electron chi connectivity index (χ2n) is 4.48. The standard InChI is InChI=1S/C16H10F2N2O2/c17-12-7-6-11(8-13(12)18)20-16(21)15-14(19-9-22-15)10-4-2-1-3-5-10/h1-9H,(H,20,21). The molecule has 0 spiro atoms. The number of rotatable bonds is 3. The Morgan fingerprint density at radius 3 is 2.55 bits per heavy atom. The van der Waals surface area contributed by atoms with E-state index >= 15 is 0 Å². The van der Waals surface area contributed by atoms with Crippen LogP contribution in [0.3, 0.4) is 0 Å².